The van der Waals surface area contributed by atoms with E-state index in [0.717, 1.165) is 0 Å². The molecule has 1 N–H and O–H groups in total. The molecule has 0 radical (unpaired) electrons. The summed E-state index contributed by atoms with van der Waals surface area (Å²) < 4.78 is 22.7. The number of piperazine rings is 1. The van der Waals surface area contributed by atoms with Crippen LogP contribution in [-0.2, 0) is 14.3 Å². The molecule has 3 aromatic rings. The molecule has 0 spiro atoms. The Morgan fingerprint density at radius 3 is 2.70 bits per heavy atom. The van der Waals surface area contributed by atoms with Crippen molar-refractivity contribution in [3.63, 3.8) is 0 Å². The van der Waals surface area contributed by atoms with Gasteiger partial charge in [0.15, 0.2) is 12.3 Å². The number of aromatic nitrogens is 3. The van der Waals surface area contributed by atoms with E-state index in [9.17, 15) is 14.4 Å². The molecule has 1 aromatic carbocycles. The highest BCUT2D eigenvalue weighted by molar-refractivity contribution is 6.34. The Morgan fingerprint density at radius 1 is 1.26 bits per heavy atom. The number of fused-ring (bicyclic) bond motifs is 3. The van der Waals surface area contributed by atoms with Crippen LogP contribution < -0.4 is 15.9 Å². The molecule has 0 aliphatic carbocycles. The van der Waals surface area contributed by atoms with Crippen molar-refractivity contribution in [2.45, 2.75) is 33.7 Å². The van der Waals surface area contributed by atoms with Crippen LogP contribution in [0.3, 0.4) is 0 Å². The topological polar surface area (TPSA) is 110 Å². The van der Waals surface area contributed by atoms with E-state index in [2.05, 4.69) is 16.9 Å². The highest BCUT2D eigenvalue weighted by atomic mass is 35.5. The lowest BCUT2D eigenvalue weighted by atomic mass is 10.1. The van der Waals surface area contributed by atoms with Crippen LogP contribution in [0.5, 0.6) is 0 Å². The van der Waals surface area contributed by atoms with E-state index in [0.29, 0.717) is 36.5 Å². The SMILES string of the molecule is C=CC(=O)N1CCN(c2nc(=O)n3c4nc(c(Cl)cc24)-c2c(F)cccc2NC(=O)CO/C(=C/C)C3=CC(C)C)[C@@H](C)C1. The molecule has 0 unspecified atom stereocenters. The number of nitrogens with zero attached hydrogens (tertiary/aromatic N) is 5. The summed E-state index contributed by atoms with van der Waals surface area (Å²) in [6.07, 6.45) is 4.75. The highest BCUT2D eigenvalue weighted by Crippen LogP contribution is 2.39. The quantitative estimate of drug-likeness (QED) is 0.425. The van der Waals surface area contributed by atoms with Crippen molar-refractivity contribution >= 4 is 51.7 Å². The van der Waals surface area contributed by atoms with E-state index < -0.39 is 24.0 Å². The van der Waals surface area contributed by atoms with E-state index in [1.54, 1.807) is 30.0 Å². The van der Waals surface area contributed by atoms with Gasteiger partial charge in [-0.1, -0.05) is 44.2 Å². The smallest absolute Gasteiger partial charge is 0.355 e. The minimum atomic E-state index is -0.656. The number of nitrogens with one attached hydrogen (secondary N) is 1. The molecule has 4 heterocycles. The van der Waals surface area contributed by atoms with E-state index in [1.807, 2.05) is 31.7 Å². The van der Waals surface area contributed by atoms with Crippen LogP contribution in [0.4, 0.5) is 15.9 Å². The molecule has 2 aliphatic rings. The zero-order valence-corrected chi connectivity index (χ0v) is 25.1. The molecule has 1 fully saturated rings. The zero-order valence-electron chi connectivity index (χ0n) is 24.4. The Hall–Kier alpha value is -4.51. The molecule has 2 aromatic heterocycles. The van der Waals surface area contributed by atoms with Gasteiger partial charge in [-0.05, 0) is 50.1 Å². The summed E-state index contributed by atoms with van der Waals surface area (Å²) >= 11 is 6.82. The molecule has 5 rings (SSSR count). The molecule has 43 heavy (non-hydrogen) atoms. The van der Waals surface area contributed by atoms with Crippen LogP contribution in [0.25, 0.3) is 28.0 Å². The van der Waals surface area contributed by atoms with E-state index in [4.69, 9.17) is 21.3 Å². The predicted molar refractivity (Wildman–Crippen MR) is 165 cm³/mol. The van der Waals surface area contributed by atoms with Crippen molar-refractivity contribution in [3.8, 4) is 11.3 Å². The van der Waals surface area contributed by atoms with Gasteiger partial charge in [-0.15, -0.1) is 0 Å². The molecule has 1 atom stereocenters. The van der Waals surface area contributed by atoms with Gasteiger partial charge in [0.05, 0.1) is 33.1 Å². The Balaban J connectivity index is 1.85. The molecule has 2 aliphatic heterocycles. The van der Waals surface area contributed by atoms with Crippen molar-refractivity contribution in [3.05, 3.63) is 76.2 Å². The summed E-state index contributed by atoms with van der Waals surface area (Å²) in [6.45, 7) is 11.9. The second-order valence-corrected chi connectivity index (χ2v) is 11.1. The minimum Gasteiger partial charge on any atom is -0.482 e. The number of amides is 2. The first-order valence-electron chi connectivity index (χ1n) is 14.0. The Bertz CT molecular complexity index is 1770. The minimum absolute atomic E-state index is 0.0220. The summed E-state index contributed by atoms with van der Waals surface area (Å²) in [4.78, 5) is 52.1. The first-order valence-corrected chi connectivity index (χ1v) is 14.3. The Labute approximate surface area is 253 Å². The monoisotopic (exact) mass is 606 g/mol. The van der Waals surface area contributed by atoms with Crippen molar-refractivity contribution < 1.29 is 18.7 Å². The summed E-state index contributed by atoms with van der Waals surface area (Å²) in [5, 5.41) is 3.25. The molecule has 1 saturated heterocycles. The number of hydrogen-bond donors (Lipinski definition) is 1. The van der Waals surface area contributed by atoms with Crippen LogP contribution in [0.15, 0.2) is 59.6 Å². The van der Waals surface area contributed by atoms with E-state index in [-0.39, 0.29) is 51.2 Å². The van der Waals surface area contributed by atoms with Gasteiger partial charge in [-0.25, -0.2) is 18.7 Å². The van der Waals surface area contributed by atoms with Crippen molar-refractivity contribution in [2.75, 3.05) is 36.5 Å². The fourth-order valence-electron chi connectivity index (χ4n) is 5.40. The van der Waals surface area contributed by atoms with Gasteiger partial charge in [0.2, 0.25) is 5.91 Å². The normalized spacial score (nSPS) is 19.2. The first-order chi connectivity index (χ1) is 20.5. The summed E-state index contributed by atoms with van der Waals surface area (Å²) in [5.41, 5.74) is 0.0555. The summed E-state index contributed by atoms with van der Waals surface area (Å²) in [6, 6.07) is 5.66. The van der Waals surface area contributed by atoms with E-state index >= 15 is 4.39 Å². The third-order valence-electron chi connectivity index (χ3n) is 7.32. The number of carbonyl (C=O) groups is 2. The maximum absolute atomic E-state index is 15.4. The lowest BCUT2D eigenvalue weighted by Gasteiger charge is -2.40. The number of ether oxygens (including phenoxy) is 1. The third-order valence-corrected chi connectivity index (χ3v) is 7.61. The van der Waals surface area contributed by atoms with E-state index in [1.165, 1.54) is 22.8 Å². The number of anilines is 2. The third kappa shape index (κ3) is 5.64. The van der Waals surface area contributed by atoms with Crippen molar-refractivity contribution in [1.29, 1.82) is 0 Å². The largest absolute Gasteiger partial charge is 0.482 e. The number of allylic oxidation sites excluding steroid dienone is 3. The highest BCUT2D eigenvalue weighted by Gasteiger charge is 2.31. The van der Waals surface area contributed by atoms with Gasteiger partial charge in [0.1, 0.15) is 17.4 Å². The Kier molecular flexibility index (Phi) is 8.36. The average Bonchev–Trinajstić information content (AvgIpc) is 2.96. The molecule has 2 bridgehead atoms. The number of rotatable bonds is 3. The number of pyridine rings is 1. The standard InChI is InChI=1S/C31H32ClFN6O4/c1-6-24-23(13-17(3)4)39-30-19(29(36-31(39)42)38-12-11-37(15-18(38)5)26(41)7-2)14-20(32)28(35-30)27-21(33)9-8-10-22(27)34-25(40)16-43-24/h6-10,13-14,17-18H,2,11-12,15-16H2,1,3-5H3,(H,34,40)/b23-13?,24-6+/t18-/m0/s1. The maximum atomic E-state index is 15.4. The van der Waals surface area contributed by atoms with Gasteiger partial charge < -0.3 is 19.9 Å². The average molecular weight is 607 g/mol. The van der Waals surface area contributed by atoms with Gasteiger partial charge in [0.25, 0.3) is 5.91 Å². The summed E-state index contributed by atoms with van der Waals surface area (Å²) in [7, 11) is 0. The van der Waals surface area contributed by atoms with Crippen LogP contribution in [-0.4, -0.2) is 63.5 Å². The number of benzene rings is 1. The molecule has 10 nitrogen and oxygen atoms in total. The van der Waals surface area contributed by atoms with Crippen LogP contribution >= 0.6 is 11.6 Å². The second-order valence-electron chi connectivity index (χ2n) is 10.7. The zero-order chi connectivity index (χ0) is 31.0. The fraction of sp³-hybridized carbons (Fsp3) is 0.323. The second kappa shape index (κ2) is 12.0. The van der Waals surface area contributed by atoms with Crippen LogP contribution in [0.1, 0.15) is 27.7 Å². The molecular formula is C31H32ClFN6O4. The lowest BCUT2D eigenvalue weighted by Crippen LogP contribution is -2.54. The van der Waals surface area contributed by atoms with Crippen LogP contribution in [0.2, 0.25) is 5.02 Å². The molecular weight excluding hydrogens is 575 g/mol. The summed E-state index contributed by atoms with van der Waals surface area (Å²) in [5.74, 6) is -0.794. The van der Waals surface area contributed by atoms with Gasteiger partial charge in [0, 0.05) is 25.7 Å². The van der Waals surface area contributed by atoms with Gasteiger partial charge >= 0.3 is 5.69 Å². The van der Waals surface area contributed by atoms with Crippen LogP contribution in [0, 0.1) is 11.7 Å². The molecule has 0 saturated carbocycles. The molecule has 2 amide bonds. The first kappa shape index (κ1) is 30.0. The van der Waals surface area contributed by atoms with Crippen molar-refractivity contribution in [1.82, 2.24) is 19.4 Å². The number of hydrogen-bond acceptors (Lipinski definition) is 7. The maximum Gasteiger partial charge on any atom is 0.355 e. The fourth-order valence-corrected chi connectivity index (χ4v) is 5.65. The predicted octanol–water partition coefficient (Wildman–Crippen LogP) is 4.84. The number of carbonyl (C=O) groups excluding carboxylic acids is 2. The molecule has 12 heteroatoms. The van der Waals surface area contributed by atoms with Gasteiger partial charge in [-0.3, -0.25) is 9.59 Å². The number of halogens is 2. The van der Waals surface area contributed by atoms with Gasteiger partial charge in [-0.2, -0.15) is 4.98 Å². The lowest BCUT2D eigenvalue weighted by molar-refractivity contribution is -0.126. The van der Waals surface area contributed by atoms with Crippen molar-refractivity contribution in [2.24, 2.45) is 5.92 Å². The Morgan fingerprint density at radius 2 is 2.02 bits per heavy atom. The molecule has 224 valence electrons.